The third-order valence-electron chi connectivity index (χ3n) is 4.24. The number of allylic oxidation sites excluding steroid dienone is 1. The first-order valence-corrected chi connectivity index (χ1v) is 9.56. The van der Waals surface area contributed by atoms with Crippen LogP contribution in [0.15, 0.2) is 60.9 Å². The van der Waals surface area contributed by atoms with E-state index in [9.17, 15) is 34.4 Å². The zero-order valence-corrected chi connectivity index (χ0v) is 18.2. The van der Waals surface area contributed by atoms with Crippen molar-refractivity contribution in [3.63, 3.8) is 0 Å². The lowest BCUT2D eigenvalue weighted by Crippen LogP contribution is -2.12. The predicted octanol–water partition coefficient (Wildman–Crippen LogP) is 4.59. The van der Waals surface area contributed by atoms with Gasteiger partial charge in [-0.3, -0.25) is 19.7 Å². The van der Waals surface area contributed by atoms with Crippen LogP contribution in [0.2, 0.25) is 0 Å². The van der Waals surface area contributed by atoms with Gasteiger partial charge >= 0.3 is 11.3 Å². The zero-order chi connectivity index (χ0) is 25.6. The molecule has 192 valence electrons. The Kier molecular flexibility index (Phi) is 11.4. The van der Waals surface area contributed by atoms with Gasteiger partial charge in [0.1, 0.15) is 34.1 Å². The van der Waals surface area contributed by atoms with Crippen LogP contribution in [-0.2, 0) is 0 Å². The molecule has 0 amide bonds. The number of aromatic hydroxyl groups is 2. The number of nitrogens with zero attached hydrogens (tertiary/aromatic N) is 1. The lowest BCUT2D eigenvalue weighted by Gasteiger charge is -1.99. The molecule has 0 aliphatic rings. The number of carbonyl (C=O) groups excluding carboxylic acids is 2. The first-order valence-electron chi connectivity index (χ1n) is 9.56. The molecule has 0 spiro atoms. The maximum Gasteiger partial charge on any atom is 0.351 e. The van der Waals surface area contributed by atoms with Gasteiger partial charge in [-0.15, -0.1) is 0 Å². The summed E-state index contributed by atoms with van der Waals surface area (Å²) in [5.74, 6) is -1.52. The first-order chi connectivity index (χ1) is 15.9. The largest absolute Gasteiger partial charge is 0.507 e. The zero-order valence-electron chi connectivity index (χ0n) is 18.2. The quantitative estimate of drug-likeness (QED) is 0.217. The molecule has 11 nitrogen and oxygen atoms in total. The Hall–Kier alpha value is -4.80. The molecule has 0 saturated carbocycles. The van der Waals surface area contributed by atoms with Crippen molar-refractivity contribution in [2.45, 2.75) is 35.6 Å². The number of Topliss-reactive ketones (excluding diaryl/α,β-unsaturated/α-hetero) is 1. The van der Waals surface area contributed by atoms with E-state index < -0.39 is 39.1 Å². The fourth-order valence-corrected chi connectivity index (χ4v) is 2.71. The fraction of sp³-hybridized carbons (Fsp3) is 0.200. The fourth-order valence-electron chi connectivity index (χ4n) is 2.71. The van der Waals surface area contributed by atoms with E-state index in [1.54, 1.807) is 0 Å². The Bertz CT molecular complexity index is 1400. The lowest BCUT2D eigenvalue weighted by atomic mass is 10.1. The molecule has 0 saturated heterocycles. The van der Waals surface area contributed by atoms with Crippen LogP contribution >= 0.6 is 0 Å². The lowest BCUT2D eigenvalue weighted by molar-refractivity contribution is -0.384. The molecular weight excluding hydrogens is 474 g/mol. The normalized spacial score (nSPS) is 9.86. The minimum Gasteiger partial charge on any atom is -0.507 e. The summed E-state index contributed by atoms with van der Waals surface area (Å²) >= 11 is 0. The number of nitro benzene ring substituents is 1. The maximum atomic E-state index is 11.9. The number of non-ortho nitro benzene ring substituents is 1. The minimum absolute atomic E-state index is 0. The highest BCUT2D eigenvalue weighted by Gasteiger charge is 2.16. The van der Waals surface area contributed by atoms with Gasteiger partial charge in [0.2, 0.25) is 0 Å². The highest BCUT2D eigenvalue weighted by atomic mass is 16.6. The number of rotatable bonds is 5. The molecule has 36 heavy (non-hydrogen) atoms. The van der Waals surface area contributed by atoms with E-state index in [4.69, 9.17) is 9.52 Å². The Balaban J connectivity index is 0.000000750. The van der Waals surface area contributed by atoms with Gasteiger partial charge in [-0.05, 0) is 44.5 Å². The topological polar surface area (TPSA) is 178 Å². The summed E-state index contributed by atoms with van der Waals surface area (Å²) in [5.41, 5.74) is -1.99. The van der Waals surface area contributed by atoms with Crippen LogP contribution in [0.4, 0.5) is 5.69 Å². The molecule has 0 aliphatic heterocycles. The monoisotopic (exact) mass is 501 g/mol. The number of aryl methyl sites for hydroxylation is 2. The molecule has 3 aromatic rings. The predicted molar refractivity (Wildman–Crippen MR) is 133 cm³/mol. The van der Waals surface area contributed by atoms with Crippen LogP contribution in [0.25, 0.3) is 6.08 Å². The molecule has 2 heterocycles. The number of nitro groups is 1. The second-order valence-corrected chi connectivity index (χ2v) is 6.91. The summed E-state index contributed by atoms with van der Waals surface area (Å²) in [5, 5.41) is 29.3. The average Bonchev–Trinajstić information content (AvgIpc) is 2.71. The van der Waals surface area contributed by atoms with Gasteiger partial charge in [0.25, 0.3) is 5.69 Å². The molecule has 2 N–H and O–H groups in total. The Morgan fingerprint density at radius 2 is 1.33 bits per heavy atom. The van der Waals surface area contributed by atoms with Crippen molar-refractivity contribution in [1.29, 1.82) is 0 Å². The number of hydrogen-bond donors (Lipinski definition) is 2. The van der Waals surface area contributed by atoms with E-state index in [-0.39, 0.29) is 43.4 Å². The minimum atomic E-state index is -0.921. The van der Waals surface area contributed by atoms with Crippen LogP contribution in [-0.4, -0.2) is 26.7 Å². The summed E-state index contributed by atoms with van der Waals surface area (Å²) in [4.78, 5) is 55.2. The highest BCUT2D eigenvalue weighted by molar-refractivity contribution is 6.08. The molecule has 0 radical (unpaired) electrons. The first kappa shape index (κ1) is 31.2. The van der Waals surface area contributed by atoms with Crippen molar-refractivity contribution in [2.75, 3.05) is 0 Å². The molecule has 11 heteroatoms. The third-order valence-corrected chi connectivity index (χ3v) is 4.24. The van der Waals surface area contributed by atoms with E-state index in [2.05, 4.69) is 4.42 Å². The van der Waals surface area contributed by atoms with Crippen LogP contribution < -0.4 is 11.3 Å². The summed E-state index contributed by atoms with van der Waals surface area (Å²) in [6, 6.07) is 7.91. The van der Waals surface area contributed by atoms with Crippen molar-refractivity contribution in [2.24, 2.45) is 0 Å². The molecule has 0 unspecified atom stereocenters. The summed E-state index contributed by atoms with van der Waals surface area (Å²) in [7, 11) is 0. The van der Waals surface area contributed by atoms with E-state index in [1.165, 1.54) is 63.2 Å². The van der Waals surface area contributed by atoms with Gasteiger partial charge in [0, 0.05) is 24.3 Å². The number of ketones is 2. The van der Waals surface area contributed by atoms with Gasteiger partial charge < -0.3 is 19.0 Å². The Morgan fingerprint density at radius 1 is 0.889 bits per heavy atom. The summed E-state index contributed by atoms with van der Waals surface area (Å²) < 4.78 is 9.37. The third kappa shape index (κ3) is 7.90. The van der Waals surface area contributed by atoms with E-state index in [1.807, 2.05) is 0 Å². The van der Waals surface area contributed by atoms with Crippen molar-refractivity contribution in [3.05, 3.63) is 102 Å². The molecule has 0 aliphatic carbocycles. The van der Waals surface area contributed by atoms with Crippen LogP contribution in [0.5, 0.6) is 11.5 Å². The molecule has 1 aromatic carbocycles. The second-order valence-electron chi connectivity index (χ2n) is 6.91. The van der Waals surface area contributed by atoms with Crippen LogP contribution in [0.1, 0.15) is 59.6 Å². The van der Waals surface area contributed by atoms with E-state index in [0.29, 0.717) is 5.56 Å². The van der Waals surface area contributed by atoms with Gasteiger partial charge in [0.15, 0.2) is 11.6 Å². The van der Waals surface area contributed by atoms with Gasteiger partial charge in [-0.25, -0.2) is 9.59 Å². The average molecular weight is 501 g/mol. The standard InChI is InChI=1S/C15H11NO6.C8H8O4.2CH4/c1-9-8-13(18)14(15(19)22-9)12(17)7-4-10-2-5-11(6-3-10)16(20)21;1-4-3-6(10)7(5(2)9)8(11)12-4;;/h2-8,18H,1H3;3,10H,1-2H3;2*1H4. The SMILES string of the molecule is C.C.CC(=O)c1c(O)cc(C)oc1=O.Cc1cc(O)c(C(=O)C=Cc2ccc([N+](=O)[O-])cc2)c(=O)o1. The molecule has 0 bridgehead atoms. The molecule has 2 aromatic heterocycles. The summed E-state index contributed by atoms with van der Waals surface area (Å²) in [6.07, 6.45) is 2.47. The van der Waals surface area contributed by atoms with Gasteiger partial charge in [-0.1, -0.05) is 20.9 Å². The maximum absolute atomic E-state index is 11.9. The Labute approximate surface area is 206 Å². The molecular formula is C25H27NO10. The van der Waals surface area contributed by atoms with Crippen molar-refractivity contribution < 1.29 is 33.6 Å². The number of carbonyl (C=O) groups is 2. The van der Waals surface area contributed by atoms with Crippen LogP contribution in [0.3, 0.4) is 0 Å². The number of hydrogen-bond acceptors (Lipinski definition) is 10. The highest BCUT2D eigenvalue weighted by Crippen LogP contribution is 2.17. The number of benzene rings is 1. The van der Waals surface area contributed by atoms with Crippen LogP contribution in [0, 0.1) is 24.0 Å². The van der Waals surface area contributed by atoms with Crippen molar-refractivity contribution >= 4 is 23.3 Å². The van der Waals surface area contributed by atoms with E-state index >= 15 is 0 Å². The van der Waals surface area contributed by atoms with Gasteiger partial charge in [0.05, 0.1) is 4.92 Å². The smallest absolute Gasteiger partial charge is 0.351 e. The second kappa shape index (κ2) is 13.2. The van der Waals surface area contributed by atoms with Crippen molar-refractivity contribution in [3.8, 4) is 11.5 Å². The summed E-state index contributed by atoms with van der Waals surface area (Å²) in [6.45, 7) is 4.19. The van der Waals surface area contributed by atoms with Crippen molar-refractivity contribution in [1.82, 2.24) is 0 Å². The Morgan fingerprint density at radius 3 is 1.72 bits per heavy atom. The van der Waals surface area contributed by atoms with E-state index in [0.717, 1.165) is 6.08 Å². The molecule has 0 fully saturated rings. The molecule has 0 atom stereocenters. The van der Waals surface area contributed by atoms with Gasteiger partial charge in [-0.2, -0.15) is 0 Å². The molecule has 3 rings (SSSR count).